The number of halogens is 1. The second-order valence-electron chi connectivity index (χ2n) is 6.41. The molecule has 0 bridgehead atoms. The van der Waals surface area contributed by atoms with Gasteiger partial charge in [-0.3, -0.25) is 0 Å². The van der Waals surface area contributed by atoms with Crippen LogP contribution in [0.25, 0.3) is 0 Å². The van der Waals surface area contributed by atoms with E-state index in [1.165, 1.54) is 32.1 Å². The molecule has 2 nitrogen and oxygen atoms in total. The first-order chi connectivity index (χ1) is 10.1. The van der Waals surface area contributed by atoms with Crippen molar-refractivity contribution in [3.05, 3.63) is 29.6 Å². The average molecular weight is 292 g/mol. The Morgan fingerprint density at radius 2 is 1.95 bits per heavy atom. The molecular formula is C18H29FN2. The summed E-state index contributed by atoms with van der Waals surface area (Å²) >= 11 is 0. The van der Waals surface area contributed by atoms with Crippen LogP contribution < -0.4 is 10.2 Å². The van der Waals surface area contributed by atoms with Gasteiger partial charge in [-0.15, -0.1) is 0 Å². The Morgan fingerprint density at radius 3 is 2.48 bits per heavy atom. The van der Waals surface area contributed by atoms with Gasteiger partial charge < -0.3 is 10.2 Å². The summed E-state index contributed by atoms with van der Waals surface area (Å²) in [6.07, 6.45) is 6.21. The minimum Gasteiger partial charge on any atom is -0.369 e. The summed E-state index contributed by atoms with van der Waals surface area (Å²) in [6.45, 7) is 4.32. The van der Waals surface area contributed by atoms with E-state index in [0.29, 0.717) is 6.04 Å². The molecule has 118 valence electrons. The standard InChI is InChI=1S/C18H29FN2/c1-5-14-6-9-16(10-7-14)21(4)18-11-8-15(12-17(18)19)13(2)20-3/h8,11-14,16,20H,5-7,9-10H2,1-4H3. The molecule has 2 rings (SSSR count). The molecular weight excluding hydrogens is 263 g/mol. The fourth-order valence-corrected chi connectivity index (χ4v) is 3.38. The summed E-state index contributed by atoms with van der Waals surface area (Å²) in [4.78, 5) is 2.15. The molecule has 0 aliphatic heterocycles. The largest absolute Gasteiger partial charge is 0.369 e. The number of rotatable bonds is 5. The molecule has 1 aromatic carbocycles. The molecule has 1 aliphatic carbocycles. The van der Waals surface area contributed by atoms with Crippen LogP contribution in [0.3, 0.4) is 0 Å². The lowest BCUT2D eigenvalue weighted by atomic mass is 9.84. The van der Waals surface area contributed by atoms with Gasteiger partial charge in [-0.2, -0.15) is 0 Å². The van der Waals surface area contributed by atoms with Crippen LogP contribution in [0.5, 0.6) is 0 Å². The van der Waals surface area contributed by atoms with Gasteiger partial charge in [0.25, 0.3) is 0 Å². The van der Waals surface area contributed by atoms with Crippen LogP contribution >= 0.6 is 0 Å². The van der Waals surface area contributed by atoms with Crippen molar-refractivity contribution in [3.8, 4) is 0 Å². The summed E-state index contributed by atoms with van der Waals surface area (Å²) in [5.74, 6) is 0.771. The van der Waals surface area contributed by atoms with Crippen LogP contribution in [0, 0.1) is 11.7 Å². The van der Waals surface area contributed by atoms with Crippen LogP contribution in [0.1, 0.15) is 57.6 Å². The van der Waals surface area contributed by atoms with Crippen molar-refractivity contribution in [3.63, 3.8) is 0 Å². The quantitative estimate of drug-likeness (QED) is 0.859. The summed E-state index contributed by atoms with van der Waals surface area (Å²) in [7, 11) is 3.94. The van der Waals surface area contributed by atoms with E-state index in [-0.39, 0.29) is 11.9 Å². The monoisotopic (exact) mass is 292 g/mol. The predicted molar refractivity (Wildman–Crippen MR) is 88.3 cm³/mol. The van der Waals surface area contributed by atoms with Crippen molar-refractivity contribution in [1.29, 1.82) is 0 Å². The molecule has 0 heterocycles. The maximum absolute atomic E-state index is 14.4. The number of anilines is 1. The third-order valence-corrected chi connectivity index (χ3v) is 5.23. The van der Waals surface area contributed by atoms with Gasteiger partial charge in [0.05, 0.1) is 5.69 Å². The molecule has 1 aliphatic rings. The van der Waals surface area contributed by atoms with Gasteiger partial charge in [-0.05, 0) is 63.3 Å². The van der Waals surface area contributed by atoms with Gasteiger partial charge in [0, 0.05) is 19.1 Å². The van der Waals surface area contributed by atoms with Crippen molar-refractivity contribution in [2.24, 2.45) is 5.92 Å². The number of nitrogens with one attached hydrogen (secondary N) is 1. The maximum Gasteiger partial charge on any atom is 0.146 e. The number of benzene rings is 1. The third-order valence-electron chi connectivity index (χ3n) is 5.23. The maximum atomic E-state index is 14.4. The lowest BCUT2D eigenvalue weighted by Gasteiger charge is -2.36. The van der Waals surface area contributed by atoms with E-state index in [1.807, 2.05) is 33.2 Å². The number of hydrogen-bond acceptors (Lipinski definition) is 2. The first-order valence-corrected chi connectivity index (χ1v) is 8.26. The Kier molecular flexibility index (Phi) is 5.63. The molecule has 3 heteroatoms. The first kappa shape index (κ1) is 16.3. The van der Waals surface area contributed by atoms with Crippen LogP contribution in [-0.4, -0.2) is 20.1 Å². The highest BCUT2D eigenvalue weighted by Gasteiger charge is 2.24. The Bertz CT molecular complexity index is 453. The highest BCUT2D eigenvalue weighted by atomic mass is 19.1. The van der Waals surface area contributed by atoms with Crippen molar-refractivity contribution >= 4 is 5.69 Å². The van der Waals surface area contributed by atoms with Crippen LogP contribution in [0.4, 0.5) is 10.1 Å². The van der Waals surface area contributed by atoms with Crippen LogP contribution in [0.15, 0.2) is 18.2 Å². The highest BCUT2D eigenvalue weighted by molar-refractivity contribution is 5.50. The lowest BCUT2D eigenvalue weighted by molar-refractivity contribution is 0.312. The van der Waals surface area contributed by atoms with Crippen molar-refractivity contribution in [2.45, 2.75) is 58.0 Å². The Morgan fingerprint density at radius 1 is 1.29 bits per heavy atom. The molecule has 1 N–H and O–H groups in total. The van der Waals surface area contributed by atoms with Gasteiger partial charge in [-0.25, -0.2) is 4.39 Å². The van der Waals surface area contributed by atoms with Crippen LogP contribution in [0.2, 0.25) is 0 Å². The fraction of sp³-hybridized carbons (Fsp3) is 0.667. The topological polar surface area (TPSA) is 15.3 Å². The van der Waals surface area contributed by atoms with Gasteiger partial charge in [0.1, 0.15) is 5.82 Å². The van der Waals surface area contributed by atoms with E-state index in [2.05, 4.69) is 17.1 Å². The molecule has 0 aromatic heterocycles. The normalized spacial score (nSPS) is 23.9. The lowest BCUT2D eigenvalue weighted by Crippen LogP contribution is -2.35. The van der Waals surface area contributed by atoms with Crippen molar-refractivity contribution < 1.29 is 4.39 Å². The molecule has 0 amide bonds. The molecule has 1 aromatic rings. The molecule has 1 fully saturated rings. The van der Waals surface area contributed by atoms with Gasteiger partial charge in [0.2, 0.25) is 0 Å². The number of nitrogens with zero attached hydrogens (tertiary/aromatic N) is 1. The van der Waals surface area contributed by atoms with E-state index in [0.717, 1.165) is 17.2 Å². The predicted octanol–water partition coefficient (Wildman–Crippen LogP) is 4.51. The summed E-state index contributed by atoms with van der Waals surface area (Å²) < 4.78 is 14.4. The molecule has 21 heavy (non-hydrogen) atoms. The zero-order valence-electron chi connectivity index (χ0n) is 13.8. The van der Waals surface area contributed by atoms with E-state index in [1.54, 1.807) is 6.07 Å². The Labute approximate surface area is 128 Å². The minimum atomic E-state index is -0.102. The van der Waals surface area contributed by atoms with Gasteiger partial charge in [-0.1, -0.05) is 19.4 Å². The Hall–Kier alpha value is -1.09. The molecule has 0 radical (unpaired) electrons. The molecule has 1 unspecified atom stereocenters. The fourth-order valence-electron chi connectivity index (χ4n) is 3.38. The van der Waals surface area contributed by atoms with E-state index < -0.39 is 0 Å². The summed E-state index contributed by atoms with van der Waals surface area (Å²) in [5.41, 5.74) is 1.74. The van der Waals surface area contributed by atoms with Gasteiger partial charge in [0.15, 0.2) is 0 Å². The molecule has 0 saturated heterocycles. The minimum absolute atomic E-state index is 0.102. The zero-order valence-corrected chi connectivity index (χ0v) is 13.8. The second kappa shape index (κ2) is 7.26. The highest BCUT2D eigenvalue weighted by Crippen LogP contribution is 2.32. The molecule has 0 spiro atoms. The van der Waals surface area contributed by atoms with Crippen molar-refractivity contribution in [1.82, 2.24) is 5.32 Å². The van der Waals surface area contributed by atoms with Crippen molar-refractivity contribution in [2.75, 3.05) is 19.0 Å². The summed E-state index contributed by atoms with van der Waals surface area (Å²) in [6, 6.07) is 6.30. The van der Waals surface area contributed by atoms with E-state index in [9.17, 15) is 4.39 Å². The number of hydrogen-bond donors (Lipinski definition) is 1. The smallest absolute Gasteiger partial charge is 0.146 e. The second-order valence-corrected chi connectivity index (χ2v) is 6.41. The third kappa shape index (κ3) is 3.76. The molecule has 1 saturated carbocycles. The first-order valence-electron chi connectivity index (χ1n) is 8.26. The summed E-state index contributed by atoms with van der Waals surface area (Å²) in [5, 5.41) is 3.15. The SMILES string of the molecule is CCC1CCC(N(C)c2ccc(C(C)NC)cc2F)CC1. The zero-order chi connectivity index (χ0) is 15.4. The van der Waals surface area contributed by atoms with E-state index >= 15 is 0 Å². The van der Waals surface area contributed by atoms with Crippen LogP contribution in [-0.2, 0) is 0 Å². The Balaban J connectivity index is 2.07. The average Bonchev–Trinajstić information content (AvgIpc) is 2.53. The van der Waals surface area contributed by atoms with E-state index in [4.69, 9.17) is 0 Å². The van der Waals surface area contributed by atoms with Gasteiger partial charge >= 0.3 is 0 Å². The molecule has 1 atom stereocenters.